The molecule has 0 bridgehead atoms. The summed E-state index contributed by atoms with van der Waals surface area (Å²) in [5.41, 5.74) is 6.00. The van der Waals surface area contributed by atoms with Crippen molar-refractivity contribution in [3.63, 3.8) is 0 Å². The Labute approximate surface area is 82.3 Å². The zero-order chi connectivity index (χ0) is 10.4. The Hall–Kier alpha value is -1.55. The van der Waals surface area contributed by atoms with Gasteiger partial charge in [-0.25, -0.2) is 0 Å². The maximum absolute atomic E-state index is 10.4. The Morgan fingerprint density at radius 3 is 2.93 bits per heavy atom. The van der Waals surface area contributed by atoms with E-state index < -0.39 is 5.97 Å². The first-order valence-corrected chi connectivity index (χ1v) is 4.36. The van der Waals surface area contributed by atoms with E-state index in [0.717, 1.165) is 5.56 Å². The molecule has 0 spiro atoms. The van der Waals surface area contributed by atoms with Crippen LogP contribution in [0.25, 0.3) is 0 Å². The predicted octanol–water partition coefficient (Wildman–Crippen LogP) is 0.651. The molecule has 1 aromatic rings. The minimum atomic E-state index is -0.846. The maximum atomic E-state index is 10.4. The van der Waals surface area contributed by atoms with Gasteiger partial charge in [0, 0.05) is 6.54 Å². The molecule has 3 N–H and O–H groups in total. The molecule has 0 saturated carbocycles. The van der Waals surface area contributed by atoms with Crippen LogP contribution in [0.15, 0.2) is 24.3 Å². The molecule has 0 aromatic heterocycles. The fraction of sp³-hybridized carbons (Fsp3) is 0.300. The molecule has 0 aliphatic heterocycles. The SMILES string of the molecule is NCCOc1cccc(CC(=O)O)c1. The topological polar surface area (TPSA) is 72.5 Å². The molecule has 1 rings (SSSR count). The standard InChI is InChI=1S/C10H13NO3/c11-4-5-14-9-3-1-2-8(6-9)7-10(12)13/h1-3,6H,4-5,7,11H2,(H,12,13). The number of hydrogen-bond donors (Lipinski definition) is 2. The molecule has 0 atom stereocenters. The van der Waals surface area contributed by atoms with Crippen molar-refractivity contribution in [2.75, 3.05) is 13.2 Å². The number of carbonyl (C=O) groups is 1. The molecule has 4 heteroatoms. The van der Waals surface area contributed by atoms with Gasteiger partial charge in [-0.2, -0.15) is 0 Å². The second-order valence-electron chi connectivity index (χ2n) is 2.86. The van der Waals surface area contributed by atoms with Crippen molar-refractivity contribution in [2.45, 2.75) is 6.42 Å². The number of carboxylic acids is 1. The number of hydrogen-bond acceptors (Lipinski definition) is 3. The van der Waals surface area contributed by atoms with Crippen LogP contribution < -0.4 is 10.5 Å². The molecule has 0 radical (unpaired) electrons. The third-order valence-electron chi connectivity index (χ3n) is 1.64. The summed E-state index contributed by atoms with van der Waals surface area (Å²) in [4.78, 5) is 10.4. The molecule has 0 heterocycles. The average molecular weight is 195 g/mol. The van der Waals surface area contributed by atoms with E-state index in [4.69, 9.17) is 15.6 Å². The molecule has 76 valence electrons. The van der Waals surface area contributed by atoms with Crippen molar-refractivity contribution in [2.24, 2.45) is 5.73 Å². The van der Waals surface area contributed by atoms with E-state index in [1.807, 2.05) is 0 Å². The molecule has 0 fully saturated rings. The number of ether oxygens (including phenoxy) is 1. The van der Waals surface area contributed by atoms with Gasteiger partial charge in [0.25, 0.3) is 0 Å². The normalized spacial score (nSPS) is 9.79. The van der Waals surface area contributed by atoms with Gasteiger partial charge in [-0.05, 0) is 17.7 Å². The summed E-state index contributed by atoms with van der Waals surface area (Å²) in [5.74, 6) is -0.185. The molecular weight excluding hydrogens is 182 g/mol. The van der Waals surface area contributed by atoms with Crippen molar-refractivity contribution in [3.05, 3.63) is 29.8 Å². The second-order valence-corrected chi connectivity index (χ2v) is 2.86. The number of nitrogens with two attached hydrogens (primary N) is 1. The summed E-state index contributed by atoms with van der Waals surface area (Å²) in [7, 11) is 0. The monoisotopic (exact) mass is 195 g/mol. The Kier molecular flexibility index (Phi) is 3.94. The smallest absolute Gasteiger partial charge is 0.307 e. The van der Waals surface area contributed by atoms with E-state index in [0.29, 0.717) is 18.9 Å². The summed E-state index contributed by atoms with van der Waals surface area (Å²) in [6, 6.07) is 7.01. The molecule has 0 unspecified atom stereocenters. The van der Waals surface area contributed by atoms with Gasteiger partial charge in [-0.3, -0.25) is 4.79 Å². The van der Waals surface area contributed by atoms with Crippen molar-refractivity contribution in [1.29, 1.82) is 0 Å². The van der Waals surface area contributed by atoms with E-state index >= 15 is 0 Å². The Bertz CT molecular complexity index is 312. The van der Waals surface area contributed by atoms with Crippen LogP contribution in [-0.2, 0) is 11.2 Å². The largest absolute Gasteiger partial charge is 0.492 e. The zero-order valence-electron chi connectivity index (χ0n) is 7.77. The van der Waals surface area contributed by atoms with Crippen LogP contribution in [0.3, 0.4) is 0 Å². The highest BCUT2D eigenvalue weighted by atomic mass is 16.5. The Morgan fingerprint density at radius 1 is 1.50 bits per heavy atom. The second kappa shape index (κ2) is 5.24. The lowest BCUT2D eigenvalue weighted by atomic mass is 10.1. The van der Waals surface area contributed by atoms with Crippen molar-refractivity contribution >= 4 is 5.97 Å². The molecule has 0 aliphatic rings. The van der Waals surface area contributed by atoms with E-state index in [1.165, 1.54) is 0 Å². The highest BCUT2D eigenvalue weighted by Gasteiger charge is 2.01. The molecule has 1 aromatic carbocycles. The lowest BCUT2D eigenvalue weighted by Gasteiger charge is -2.05. The van der Waals surface area contributed by atoms with Crippen LogP contribution in [0.2, 0.25) is 0 Å². The van der Waals surface area contributed by atoms with Crippen LogP contribution in [0.4, 0.5) is 0 Å². The lowest BCUT2D eigenvalue weighted by Crippen LogP contribution is -2.10. The van der Waals surface area contributed by atoms with Gasteiger partial charge in [0.1, 0.15) is 12.4 Å². The van der Waals surface area contributed by atoms with Crippen molar-refractivity contribution < 1.29 is 14.6 Å². The first-order chi connectivity index (χ1) is 6.72. The van der Waals surface area contributed by atoms with Crippen LogP contribution in [0.5, 0.6) is 5.75 Å². The fourth-order valence-corrected chi connectivity index (χ4v) is 1.10. The number of carboxylic acid groups (broad SMARTS) is 1. The van der Waals surface area contributed by atoms with Crippen molar-refractivity contribution in [3.8, 4) is 5.75 Å². The Morgan fingerprint density at radius 2 is 2.29 bits per heavy atom. The zero-order valence-corrected chi connectivity index (χ0v) is 7.77. The number of aliphatic carboxylic acids is 1. The minimum absolute atomic E-state index is 0.0137. The highest BCUT2D eigenvalue weighted by Crippen LogP contribution is 2.13. The fourth-order valence-electron chi connectivity index (χ4n) is 1.10. The molecule has 0 aliphatic carbocycles. The molecular formula is C10H13NO3. The molecule has 0 saturated heterocycles. The first kappa shape index (κ1) is 10.5. The minimum Gasteiger partial charge on any atom is -0.492 e. The van der Waals surface area contributed by atoms with E-state index in [9.17, 15) is 4.79 Å². The van der Waals surface area contributed by atoms with Gasteiger partial charge in [0.05, 0.1) is 6.42 Å². The van der Waals surface area contributed by atoms with Gasteiger partial charge in [-0.1, -0.05) is 12.1 Å². The molecule has 4 nitrogen and oxygen atoms in total. The van der Waals surface area contributed by atoms with Gasteiger partial charge >= 0.3 is 5.97 Å². The number of rotatable bonds is 5. The molecule has 0 amide bonds. The summed E-state index contributed by atoms with van der Waals surface area (Å²) in [5, 5.41) is 8.57. The van der Waals surface area contributed by atoms with Gasteiger partial charge in [-0.15, -0.1) is 0 Å². The third kappa shape index (κ3) is 3.45. The van der Waals surface area contributed by atoms with E-state index in [-0.39, 0.29) is 6.42 Å². The van der Waals surface area contributed by atoms with Crippen LogP contribution in [0.1, 0.15) is 5.56 Å². The van der Waals surface area contributed by atoms with Crippen LogP contribution in [-0.4, -0.2) is 24.2 Å². The van der Waals surface area contributed by atoms with E-state index in [2.05, 4.69) is 0 Å². The average Bonchev–Trinajstić information content (AvgIpc) is 2.14. The summed E-state index contributed by atoms with van der Waals surface area (Å²) in [6.45, 7) is 0.889. The quantitative estimate of drug-likeness (QED) is 0.723. The van der Waals surface area contributed by atoms with Crippen LogP contribution in [0, 0.1) is 0 Å². The van der Waals surface area contributed by atoms with Crippen molar-refractivity contribution in [1.82, 2.24) is 0 Å². The van der Waals surface area contributed by atoms with E-state index in [1.54, 1.807) is 24.3 Å². The highest BCUT2D eigenvalue weighted by molar-refractivity contribution is 5.70. The van der Waals surface area contributed by atoms with Gasteiger partial charge in [0.2, 0.25) is 0 Å². The summed E-state index contributed by atoms with van der Waals surface area (Å²) in [6.07, 6.45) is 0.0137. The number of benzene rings is 1. The van der Waals surface area contributed by atoms with Crippen LogP contribution >= 0.6 is 0 Å². The lowest BCUT2D eigenvalue weighted by molar-refractivity contribution is -0.136. The maximum Gasteiger partial charge on any atom is 0.307 e. The Balaban J connectivity index is 2.63. The van der Waals surface area contributed by atoms with Gasteiger partial charge in [0.15, 0.2) is 0 Å². The summed E-state index contributed by atoms with van der Waals surface area (Å²) >= 11 is 0. The first-order valence-electron chi connectivity index (χ1n) is 4.36. The summed E-state index contributed by atoms with van der Waals surface area (Å²) < 4.78 is 5.26. The third-order valence-corrected chi connectivity index (χ3v) is 1.64. The van der Waals surface area contributed by atoms with Gasteiger partial charge < -0.3 is 15.6 Å². The molecule has 14 heavy (non-hydrogen) atoms. The predicted molar refractivity (Wildman–Crippen MR) is 52.3 cm³/mol.